The molecule has 2 aromatic rings. The molecule has 2 rings (SSSR count). The van der Waals surface area contributed by atoms with Crippen LogP contribution in [-0.2, 0) is 4.74 Å². The lowest BCUT2D eigenvalue weighted by Gasteiger charge is -2.08. The fraction of sp³-hybridized carbons (Fsp3) is 0.583. The van der Waals surface area contributed by atoms with Crippen molar-refractivity contribution in [1.82, 2.24) is 29.7 Å². The molecule has 2 heterocycles. The van der Waals surface area contributed by atoms with Crippen molar-refractivity contribution in [2.75, 3.05) is 25.1 Å². The Morgan fingerprint density at radius 3 is 2.90 bits per heavy atom. The normalized spacial score (nSPS) is 11.0. The zero-order chi connectivity index (χ0) is 15.1. The van der Waals surface area contributed by atoms with Crippen LogP contribution in [-0.4, -0.2) is 49.5 Å². The van der Waals surface area contributed by atoms with Crippen LogP contribution >= 0.6 is 11.6 Å². The lowest BCUT2D eigenvalue weighted by molar-refractivity contribution is 0.110. The van der Waals surface area contributed by atoms with Crippen LogP contribution in [0.25, 0.3) is 5.95 Å². The van der Waals surface area contributed by atoms with Gasteiger partial charge in [-0.05, 0) is 23.9 Å². The molecule has 0 aromatic carbocycles. The maximum absolute atomic E-state index is 5.88. The van der Waals surface area contributed by atoms with Gasteiger partial charge >= 0.3 is 0 Å². The van der Waals surface area contributed by atoms with Gasteiger partial charge in [-0.1, -0.05) is 13.8 Å². The Hall–Kier alpha value is -1.80. The van der Waals surface area contributed by atoms with Gasteiger partial charge in [0.1, 0.15) is 12.7 Å². The SMILES string of the molecule is CC(C)COCCCNc1nc(Cl)nc(-n2cncn2)n1. The molecule has 0 saturated carbocycles. The Bertz CT molecular complexity index is 547. The minimum absolute atomic E-state index is 0.106. The van der Waals surface area contributed by atoms with E-state index in [2.05, 4.69) is 44.2 Å². The largest absolute Gasteiger partial charge is 0.381 e. The van der Waals surface area contributed by atoms with Crippen molar-refractivity contribution in [3.8, 4) is 5.95 Å². The quantitative estimate of drug-likeness (QED) is 0.740. The number of nitrogens with one attached hydrogen (secondary N) is 1. The molecule has 0 unspecified atom stereocenters. The molecular formula is C12H18ClN7O. The van der Waals surface area contributed by atoms with Crippen molar-refractivity contribution in [2.24, 2.45) is 5.92 Å². The van der Waals surface area contributed by atoms with Crippen molar-refractivity contribution >= 4 is 17.5 Å². The van der Waals surface area contributed by atoms with Crippen LogP contribution in [0.1, 0.15) is 20.3 Å². The van der Waals surface area contributed by atoms with Gasteiger partial charge in [-0.2, -0.15) is 24.7 Å². The summed E-state index contributed by atoms with van der Waals surface area (Å²) in [5.41, 5.74) is 0. The summed E-state index contributed by atoms with van der Waals surface area (Å²) >= 11 is 5.88. The third-order valence-electron chi connectivity index (χ3n) is 2.42. The average Bonchev–Trinajstić information content (AvgIpc) is 2.96. The number of nitrogens with zero attached hydrogens (tertiary/aromatic N) is 6. The summed E-state index contributed by atoms with van der Waals surface area (Å²) < 4.78 is 6.92. The number of ether oxygens (including phenoxy) is 1. The highest BCUT2D eigenvalue weighted by Crippen LogP contribution is 2.08. The minimum atomic E-state index is 0.106. The topological polar surface area (TPSA) is 90.6 Å². The highest BCUT2D eigenvalue weighted by atomic mass is 35.5. The van der Waals surface area contributed by atoms with Gasteiger partial charge in [0.2, 0.25) is 11.2 Å². The summed E-state index contributed by atoms with van der Waals surface area (Å²) in [6.07, 6.45) is 3.75. The van der Waals surface area contributed by atoms with E-state index in [9.17, 15) is 0 Å². The summed E-state index contributed by atoms with van der Waals surface area (Å²) in [5.74, 6) is 1.28. The van der Waals surface area contributed by atoms with Crippen molar-refractivity contribution in [2.45, 2.75) is 20.3 Å². The molecule has 1 N–H and O–H groups in total. The number of rotatable bonds is 8. The summed E-state index contributed by atoms with van der Waals surface area (Å²) in [6, 6.07) is 0. The fourth-order valence-corrected chi connectivity index (χ4v) is 1.68. The molecule has 0 fully saturated rings. The highest BCUT2D eigenvalue weighted by Gasteiger charge is 2.07. The molecule has 8 nitrogen and oxygen atoms in total. The van der Waals surface area contributed by atoms with Gasteiger partial charge in [-0.3, -0.25) is 0 Å². The molecule has 0 aliphatic carbocycles. The van der Waals surface area contributed by atoms with Gasteiger partial charge in [0.25, 0.3) is 5.95 Å². The van der Waals surface area contributed by atoms with E-state index in [4.69, 9.17) is 16.3 Å². The Labute approximate surface area is 127 Å². The molecular weight excluding hydrogens is 294 g/mol. The predicted octanol–water partition coefficient (Wildman–Crippen LogP) is 1.58. The van der Waals surface area contributed by atoms with Gasteiger partial charge in [0.05, 0.1) is 0 Å². The molecule has 0 saturated heterocycles. The van der Waals surface area contributed by atoms with Gasteiger partial charge in [-0.15, -0.1) is 0 Å². The molecule has 21 heavy (non-hydrogen) atoms. The monoisotopic (exact) mass is 311 g/mol. The first kappa shape index (κ1) is 15.6. The molecule has 0 aliphatic heterocycles. The molecule has 0 spiro atoms. The predicted molar refractivity (Wildman–Crippen MR) is 78.5 cm³/mol. The van der Waals surface area contributed by atoms with Crippen LogP contribution in [0.4, 0.5) is 5.95 Å². The summed E-state index contributed by atoms with van der Waals surface area (Å²) in [4.78, 5) is 16.1. The van der Waals surface area contributed by atoms with E-state index in [1.165, 1.54) is 17.3 Å². The van der Waals surface area contributed by atoms with Gasteiger partial charge < -0.3 is 10.1 Å². The number of hydrogen-bond acceptors (Lipinski definition) is 7. The standard InChI is InChI=1S/C12H18ClN7O/c1-9(2)6-21-5-3-4-15-11-17-10(13)18-12(19-11)20-8-14-7-16-20/h7-9H,3-6H2,1-2H3,(H,15,17,18,19). The number of hydrogen-bond donors (Lipinski definition) is 1. The van der Waals surface area contributed by atoms with E-state index in [-0.39, 0.29) is 5.28 Å². The minimum Gasteiger partial charge on any atom is -0.381 e. The molecule has 0 aliphatic rings. The Morgan fingerprint density at radius 2 is 2.19 bits per heavy atom. The first-order valence-corrected chi connectivity index (χ1v) is 7.11. The molecule has 9 heteroatoms. The summed E-state index contributed by atoms with van der Waals surface area (Å²) in [7, 11) is 0. The lowest BCUT2D eigenvalue weighted by atomic mass is 10.2. The molecule has 0 atom stereocenters. The van der Waals surface area contributed by atoms with Crippen LogP contribution < -0.4 is 5.32 Å². The lowest BCUT2D eigenvalue weighted by Crippen LogP contribution is -2.12. The summed E-state index contributed by atoms with van der Waals surface area (Å²) in [6.45, 7) is 6.40. The number of aromatic nitrogens is 6. The first-order valence-electron chi connectivity index (χ1n) is 6.73. The second-order valence-corrected chi connectivity index (χ2v) is 5.16. The van der Waals surface area contributed by atoms with Crippen molar-refractivity contribution in [3.05, 3.63) is 17.9 Å². The average molecular weight is 312 g/mol. The van der Waals surface area contributed by atoms with E-state index >= 15 is 0 Å². The fourth-order valence-electron chi connectivity index (χ4n) is 1.53. The van der Waals surface area contributed by atoms with Crippen molar-refractivity contribution in [3.63, 3.8) is 0 Å². The van der Waals surface area contributed by atoms with E-state index in [1.807, 2.05) is 0 Å². The highest BCUT2D eigenvalue weighted by molar-refractivity contribution is 6.28. The van der Waals surface area contributed by atoms with Crippen LogP contribution in [0.3, 0.4) is 0 Å². The Morgan fingerprint density at radius 1 is 1.33 bits per heavy atom. The van der Waals surface area contributed by atoms with Crippen LogP contribution in [0, 0.1) is 5.92 Å². The second-order valence-electron chi connectivity index (χ2n) is 4.82. The molecule has 0 radical (unpaired) electrons. The third kappa shape index (κ3) is 5.24. The molecule has 114 valence electrons. The third-order valence-corrected chi connectivity index (χ3v) is 2.59. The van der Waals surface area contributed by atoms with Crippen molar-refractivity contribution < 1.29 is 4.74 Å². The molecule has 0 amide bonds. The second kappa shape index (κ2) is 7.84. The molecule has 0 bridgehead atoms. The van der Waals surface area contributed by atoms with E-state index in [0.29, 0.717) is 31.0 Å². The number of anilines is 1. The van der Waals surface area contributed by atoms with Gasteiger partial charge in [0, 0.05) is 19.8 Å². The molecule has 2 aromatic heterocycles. The van der Waals surface area contributed by atoms with Crippen LogP contribution in [0.2, 0.25) is 5.28 Å². The smallest absolute Gasteiger partial charge is 0.258 e. The first-order chi connectivity index (χ1) is 10.1. The zero-order valence-electron chi connectivity index (χ0n) is 12.0. The van der Waals surface area contributed by atoms with E-state index < -0.39 is 0 Å². The maximum Gasteiger partial charge on any atom is 0.258 e. The van der Waals surface area contributed by atoms with Gasteiger partial charge in [-0.25, -0.2) is 4.98 Å². The van der Waals surface area contributed by atoms with Crippen LogP contribution in [0.15, 0.2) is 12.7 Å². The Kier molecular flexibility index (Phi) is 5.82. The maximum atomic E-state index is 5.88. The van der Waals surface area contributed by atoms with E-state index in [1.54, 1.807) is 0 Å². The number of halogens is 1. The van der Waals surface area contributed by atoms with Crippen LogP contribution in [0.5, 0.6) is 0 Å². The zero-order valence-corrected chi connectivity index (χ0v) is 12.8. The van der Waals surface area contributed by atoms with Gasteiger partial charge in [0.15, 0.2) is 0 Å². The summed E-state index contributed by atoms with van der Waals surface area (Å²) in [5, 5.41) is 7.15. The van der Waals surface area contributed by atoms with Crippen molar-refractivity contribution in [1.29, 1.82) is 0 Å². The Balaban J connectivity index is 1.83. The van der Waals surface area contributed by atoms with E-state index in [0.717, 1.165) is 13.0 Å².